The van der Waals surface area contributed by atoms with E-state index in [9.17, 15) is 17.6 Å². The van der Waals surface area contributed by atoms with Gasteiger partial charge in [-0.3, -0.25) is 0 Å². The number of alkyl halides is 3. The van der Waals surface area contributed by atoms with Crippen molar-refractivity contribution in [3.05, 3.63) is 35.1 Å². The third kappa shape index (κ3) is 2.04. The highest BCUT2D eigenvalue weighted by Crippen LogP contribution is 2.34. The van der Waals surface area contributed by atoms with Gasteiger partial charge in [0.25, 0.3) is 0 Å². The predicted octanol–water partition coefficient (Wildman–Crippen LogP) is 2.73. The second-order valence-electron chi connectivity index (χ2n) is 2.90. The van der Waals surface area contributed by atoms with Crippen LogP contribution in [0.4, 0.5) is 17.6 Å². The molecule has 0 radical (unpaired) electrons. The van der Waals surface area contributed by atoms with Crippen LogP contribution in [0.25, 0.3) is 0 Å². The highest BCUT2D eigenvalue weighted by atomic mass is 19.4. The number of rotatable bonds is 1. The first-order chi connectivity index (χ1) is 6.34. The Morgan fingerprint density at radius 1 is 1.29 bits per heavy atom. The third-order valence-electron chi connectivity index (χ3n) is 1.91. The van der Waals surface area contributed by atoms with Crippen LogP contribution >= 0.6 is 0 Å². The van der Waals surface area contributed by atoms with Gasteiger partial charge in [0.15, 0.2) is 6.10 Å². The third-order valence-corrected chi connectivity index (χ3v) is 1.91. The average molecular weight is 208 g/mol. The molecule has 14 heavy (non-hydrogen) atoms. The van der Waals surface area contributed by atoms with Gasteiger partial charge in [0.1, 0.15) is 5.82 Å². The summed E-state index contributed by atoms with van der Waals surface area (Å²) in [6, 6.07) is 3.23. The summed E-state index contributed by atoms with van der Waals surface area (Å²) >= 11 is 0. The van der Waals surface area contributed by atoms with Crippen LogP contribution in [-0.2, 0) is 0 Å². The van der Waals surface area contributed by atoms with E-state index in [4.69, 9.17) is 5.11 Å². The van der Waals surface area contributed by atoms with Gasteiger partial charge in [0.05, 0.1) is 0 Å². The summed E-state index contributed by atoms with van der Waals surface area (Å²) in [4.78, 5) is 0. The van der Waals surface area contributed by atoms with Crippen LogP contribution in [0, 0.1) is 12.7 Å². The molecule has 0 aliphatic heterocycles. The molecular formula is C9H8F4O. The fourth-order valence-corrected chi connectivity index (χ4v) is 1.10. The Kier molecular flexibility index (Phi) is 2.80. The number of halogens is 4. The van der Waals surface area contributed by atoms with E-state index >= 15 is 0 Å². The predicted molar refractivity (Wildman–Crippen MR) is 42.2 cm³/mol. The van der Waals surface area contributed by atoms with E-state index in [0.717, 1.165) is 18.2 Å². The van der Waals surface area contributed by atoms with E-state index in [1.54, 1.807) is 0 Å². The van der Waals surface area contributed by atoms with Crippen LogP contribution < -0.4 is 0 Å². The number of benzene rings is 1. The molecule has 1 nitrogen and oxygen atoms in total. The van der Waals surface area contributed by atoms with Crippen molar-refractivity contribution in [3.8, 4) is 0 Å². The average Bonchev–Trinajstić information content (AvgIpc) is 2.07. The van der Waals surface area contributed by atoms with Gasteiger partial charge in [-0.25, -0.2) is 4.39 Å². The van der Waals surface area contributed by atoms with Crippen molar-refractivity contribution in [3.63, 3.8) is 0 Å². The lowest BCUT2D eigenvalue weighted by Gasteiger charge is -2.16. The van der Waals surface area contributed by atoms with Crippen molar-refractivity contribution < 1.29 is 22.7 Å². The second-order valence-corrected chi connectivity index (χ2v) is 2.90. The van der Waals surface area contributed by atoms with E-state index < -0.39 is 23.7 Å². The smallest absolute Gasteiger partial charge is 0.379 e. The highest BCUT2D eigenvalue weighted by molar-refractivity contribution is 5.29. The zero-order chi connectivity index (χ0) is 10.9. The number of hydrogen-bond donors (Lipinski definition) is 1. The molecule has 0 saturated heterocycles. The molecule has 1 unspecified atom stereocenters. The minimum atomic E-state index is -4.77. The SMILES string of the molecule is Cc1c(F)cccc1C(O)C(F)(F)F. The summed E-state index contributed by atoms with van der Waals surface area (Å²) in [5.74, 6) is -0.759. The molecule has 0 fully saturated rings. The van der Waals surface area contributed by atoms with E-state index in [1.165, 1.54) is 6.92 Å². The van der Waals surface area contributed by atoms with Crippen molar-refractivity contribution in [2.75, 3.05) is 0 Å². The summed E-state index contributed by atoms with van der Waals surface area (Å²) in [6.45, 7) is 1.19. The molecule has 0 spiro atoms. The van der Waals surface area contributed by atoms with Crippen LogP contribution in [0.3, 0.4) is 0 Å². The fraction of sp³-hybridized carbons (Fsp3) is 0.333. The topological polar surface area (TPSA) is 20.2 Å². The quantitative estimate of drug-likeness (QED) is 0.703. The van der Waals surface area contributed by atoms with E-state index in [1.807, 2.05) is 0 Å². The highest BCUT2D eigenvalue weighted by Gasteiger charge is 2.40. The van der Waals surface area contributed by atoms with Crippen LogP contribution in [0.15, 0.2) is 18.2 Å². The van der Waals surface area contributed by atoms with Gasteiger partial charge in [0, 0.05) is 0 Å². The Labute approximate surface area is 78.0 Å². The molecule has 0 heterocycles. The molecular weight excluding hydrogens is 200 g/mol. The zero-order valence-electron chi connectivity index (χ0n) is 7.27. The molecule has 1 atom stereocenters. The maximum atomic E-state index is 12.8. The molecule has 0 saturated carbocycles. The lowest BCUT2D eigenvalue weighted by molar-refractivity contribution is -0.207. The van der Waals surface area contributed by atoms with E-state index in [-0.39, 0.29) is 5.56 Å². The fourth-order valence-electron chi connectivity index (χ4n) is 1.10. The normalized spacial score (nSPS) is 14.1. The molecule has 1 aromatic carbocycles. The lowest BCUT2D eigenvalue weighted by Crippen LogP contribution is -2.21. The maximum Gasteiger partial charge on any atom is 0.418 e. The molecule has 0 aliphatic carbocycles. The summed E-state index contributed by atoms with van der Waals surface area (Å²) < 4.78 is 49.1. The molecule has 0 amide bonds. The molecule has 1 rings (SSSR count). The lowest BCUT2D eigenvalue weighted by atomic mass is 10.0. The van der Waals surface area contributed by atoms with Gasteiger partial charge in [0.2, 0.25) is 0 Å². The molecule has 0 aliphatic rings. The van der Waals surface area contributed by atoms with Crippen molar-refractivity contribution in [1.82, 2.24) is 0 Å². The standard InChI is InChI=1S/C9H8F4O/c1-5-6(3-2-4-7(5)10)8(14)9(11,12)13/h2-4,8,14H,1H3. The van der Waals surface area contributed by atoms with E-state index in [0.29, 0.717) is 0 Å². The van der Waals surface area contributed by atoms with Crippen LogP contribution in [0.1, 0.15) is 17.2 Å². The van der Waals surface area contributed by atoms with Gasteiger partial charge in [-0.05, 0) is 24.1 Å². The van der Waals surface area contributed by atoms with Crippen molar-refractivity contribution in [2.45, 2.75) is 19.2 Å². The summed E-state index contributed by atoms with van der Waals surface area (Å²) in [6.07, 6.45) is -7.39. The monoisotopic (exact) mass is 208 g/mol. The Balaban J connectivity index is 3.14. The molecule has 1 N–H and O–H groups in total. The van der Waals surface area contributed by atoms with E-state index in [2.05, 4.69) is 0 Å². The van der Waals surface area contributed by atoms with Gasteiger partial charge in [-0.1, -0.05) is 12.1 Å². The first-order valence-electron chi connectivity index (χ1n) is 3.84. The summed E-state index contributed by atoms with van der Waals surface area (Å²) in [7, 11) is 0. The van der Waals surface area contributed by atoms with Crippen molar-refractivity contribution in [1.29, 1.82) is 0 Å². The van der Waals surface area contributed by atoms with Crippen LogP contribution in [0.2, 0.25) is 0 Å². The van der Waals surface area contributed by atoms with Crippen LogP contribution in [0.5, 0.6) is 0 Å². The summed E-state index contributed by atoms with van der Waals surface area (Å²) in [5.41, 5.74) is -0.630. The molecule has 78 valence electrons. The molecule has 5 heteroatoms. The van der Waals surface area contributed by atoms with Gasteiger partial charge in [-0.15, -0.1) is 0 Å². The zero-order valence-corrected chi connectivity index (χ0v) is 7.27. The number of aliphatic hydroxyl groups excluding tert-OH is 1. The Morgan fingerprint density at radius 3 is 2.36 bits per heavy atom. The van der Waals surface area contributed by atoms with Gasteiger partial charge < -0.3 is 5.11 Å². The summed E-state index contributed by atoms with van der Waals surface area (Å²) in [5, 5.41) is 8.87. The van der Waals surface area contributed by atoms with Crippen LogP contribution in [-0.4, -0.2) is 11.3 Å². The van der Waals surface area contributed by atoms with Crippen molar-refractivity contribution in [2.24, 2.45) is 0 Å². The van der Waals surface area contributed by atoms with Crippen molar-refractivity contribution >= 4 is 0 Å². The number of hydrogen-bond acceptors (Lipinski definition) is 1. The first-order valence-corrected chi connectivity index (χ1v) is 3.84. The second kappa shape index (κ2) is 3.57. The minimum Gasteiger partial charge on any atom is -0.379 e. The van der Waals surface area contributed by atoms with Gasteiger partial charge in [-0.2, -0.15) is 13.2 Å². The Morgan fingerprint density at radius 2 is 1.86 bits per heavy atom. The Hall–Kier alpha value is -1.10. The minimum absolute atomic E-state index is 0.183. The first kappa shape index (κ1) is 11.0. The number of aliphatic hydroxyl groups is 1. The van der Waals surface area contributed by atoms with Gasteiger partial charge >= 0.3 is 6.18 Å². The largest absolute Gasteiger partial charge is 0.418 e. The molecule has 1 aromatic rings. The molecule has 0 aromatic heterocycles. The maximum absolute atomic E-state index is 12.8. The Bertz CT molecular complexity index is 332. The molecule has 0 bridgehead atoms.